The van der Waals surface area contributed by atoms with Gasteiger partial charge in [0.2, 0.25) is 0 Å². The van der Waals surface area contributed by atoms with Crippen molar-refractivity contribution in [3.63, 3.8) is 0 Å². The fourth-order valence-corrected chi connectivity index (χ4v) is 4.19. The molecule has 0 radical (unpaired) electrons. The number of esters is 1. The van der Waals surface area contributed by atoms with Crippen LogP contribution in [0.1, 0.15) is 35.1 Å². The molecule has 1 fully saturated rings. The minimum absolute atomic E-state index is 0.0644. The molecule has 1 N–H and O–H groups in total. The molecule has 0 aliphatic heterocycles. The van der Waals surface area contributed by atoms with Gasteiger partial charge in [-0.3, -0.25) is 4.68 Å². The lowest BCUT2D eigenvalue weighted by Crippen LogP contribution is -2.37. The lowest BCUT2D eigenvalue weighted by molar-refractivity contribution is 0.0454. The first-order chi connectivity index (χ1) is 17.7. The molecule has 3 heterocycles. The molecule has 0 atom stereocenters. The molecule has 1 aliphatic rings. The molecule has 1 aliphatic carbocycles. The van der Waals surface area contributed by atoms with Crippen molar-refractivity contribution in [1.82, 2.24) is 20.1 Å². The van der Waals surface area contributed by atoms with Gasteiger partial charge in [-0.1, -0.05) is 71.0 Å². The summed E-state index contributed by atoms with van der Waals surface area (Å²) in [5.41, 5.74) is 2.64. The molecule has 36 heavy (non-hydrogen) atoms. The van der Waals surface area contributed by atoms with E-state index < -0.39 is 5.97 Å². The van der Waals surface area contributed by atoms with Gasteiger partial charge in [0.25, 0.3) is 0 Å². The van der Waals surface area contributed by atoms with E-state index in [-0.39, 0.29) is 18.3 Å². The molecule has 0 spiro atoms. The van der Waals surface area contributed by atoms with E-state index in [1.165, 1.54) is 0 Å². The normalized spacial score (nSPS) is 16.9. The van der Waals surface area contributed by atoms with Gasteiger partial charge in [0.15, 0.2) is 23.0 Å². The summed E-state index contributed by atoms with van der Waals surface area (Å²) in [7, 11) is 0. The smallest absolute Gasteiger partial charge is 0.360 e. The van der Waals surface area contributed by atoms with Crippen LogP contribution in [-0.2, 0) is 11.3 Å². The zero-order valence-electron chi connectivity index (χ0n) is 19.3. The highest BCUT2D eigenvalue weighted by Gasteiger charge is 2.31. The summed E-state index contributed by atoms with van der Waals surface area (Å²) in [5, 5.41) is 15.9. The highest BCUT2D eigenvalue weighted by molar-refractivity contribution is 5.88. The molecular weight excluding hydrogens is 458 g/mol. The molecule has 1 saturated carbocycles. The van der Waals surface area contributed by atoms with Gasteiger partial charge >= 0.3 is 5.97 Å². The molecule has 180 valence electrons. The maximum absolute atomic E-state index is 12.4. The largest absolute Gasteiger partial charge is 0.454 e. The van der Waals surface area contributed by atoms with Crippen molar-refractivity contribution in [1.29, 1.82) is 0 Å². The molecule has 6 rings (SSSR count). The van der Waals surface area contributed by atoms with E-state index in [2.05, 4.69) is 20.7 Å². The molecule has 0 saturated heterocycles. The van der Waals surface area contributed by atoms with Crippen LogP contribution in [-0.4, -0.2) is 32.1 Å². The van der Waals surface area contributed by atoms with Gasteiger partial charge in [0.05, 0.1) is 11.7 Å². The average Bonchev–Trinajstić information content (AvgIpc) is 3.67. The van der Waals surface area contributed by atoms with Crippen LogP contribution in [0.15, 0.2) is 94.1 Å². The quantitative estimate of drug-likeness (QED) is 0.295. The third kappa shape index (κ3) is 4.63. The number of aromatic nitrogens is 4. The summed E-state index contributed by atoms with van der Waals surface area (Å²) in [6, 6.07) is 25.3. The van der Waals surface area contributed by atoms with Gasteiger partial charge in [-0.15, -0.1) is 0 Å². The predicted molar refractivity (Wildman–Crippen MR) is 131 cm³/mol. The van der Waals surface area contributed by atoms with Crippen LogP contribution in [0.4, 0.5) is 5.82 Å². The number of anilines is 1. The molecule has 0 amide bonds. The number of ether oxygens (including phenoxy) is 1. The summed E-state index contributed by atoms with van der Waals surface area (Å²) in [6.45, 7) is 0.0644. The minimum atomic E-state index is -0.550. The first-order valence-corrected chi connectivity index (χ1v) is 11.7. The number of hydrogen-bond donors (Lipinski definition) is 1. The average molecular weight is 482 g/mol. The first kappa shape index (κ1) is 21.8. The molecule has 0 bridgehead atoms. The van der Waals surface area contributed by atoms with Crippen molar-refractivity contribution >= 4 is 11.8 Å². The lowest BCUT2D eigenvalue weighted by Gasteiger charge is -2.35. The van der Waals surface area contributed by atoms with E-state index in [1.54, 1.807) is 6.07 Å². The fraction of sp³-hybridized carbons (Fsp3) is 0.185. The number of rotatable bonds is 8. The summed E-state index contributed by atoms with van der Waals surface area (Å²) < 4.78 is 18.0. The molecule has 5 aromatic rings. The number of carbonyl (C=O) groups excluding carboxylic acids is 1. The highest BCUT2D eigenvalue weighted by Crippen LogP contribution is 2.34. The number of benzene rings is 2. The standard InChI is InChI=1S/C27H23N5O4/c33-27(23-15-24(35-30-23)18-7-3-1-4-8-18)34-17-20-11-12-32(29-20)22-13-21(14-22)28-26-16-25(36-31-26)19-9-5-2-6-10-19/h1-12,15-16,21-22H,13-14,17H2,(H,28,31). The van der Waals surface area contributed by atoms with E-state index in [0.29, 0.717) is 17.5 Å². The Kier molecular flexibility index (Phi) is 5.79. The van der Waals surface area contributed by atoms with E-state index in [9.17, 15) is 4.79 Å². The van der Waals surface area contributed by atoms with Crippen LogP contribution in [0.2, 0.25) is 0 Å². The van der Waals surface area contributed by atoms with Gasteiger partial charge in [-0.2, -0.15) is 5.10 Å². The predicted octanol–water partition coefficient (Wildman–Crippen LogP) is 5.37. The Morgan fingerprint density at radius 3 is 2.31 bits per heavy atom. The summed E-state index contributed by atoms with van der Waals surface area (Å²) in [4.78, 5) is 12.4. The van der Waals surface area contributed by atoms with E-state index in [1.807, 2.05) is 83.7 Å². The summed E-state index contributed by atoms with van der Waals surface area (Å²) in [5.74, 6) is 1.43. The Morgan fingerprint density at radius 2 is 1.58 bits per heavy atom. The Labute approximate surface area is 206 Å². The third-order valence-electron chi connectivity index (χ3n) is 6.20. The monoisotopic (exact) mass is 481 g/mol. The summed E-state index contributed by atoms with van der Waals surface area (Å²) in [6.07, 6.45) is 3.74. The second-order valence-electron chi connectivity index (χ2n) is 8.71. The van der Waals surface area contributed by atoms with Gasteiger partial charge < -0.3 is 19.1 Å². The maximum Gasteiger partial charge on any atom is 0.360 e. The second-order valence-corrected chi connectivity index (χ2v) is 8.71. The lowest BCUT2D eigenvalue weighted by atomic mass is 9.87. The van der Waals surface area contributed by atoms with Crippen molar-refractivity contribution in [3.05, 3.63) is 96.4 Å². The van der Waals surface area contributed by atoms with Crippen LogP contribution < -0.4 is 5.32 Å². The van der Waals surface area contributed by atoms with E-state index in [0.717, 1.165) is 35.5 Å². The zero-order chi connectivity index (χ0) is 24.3. The van der Waals surface area contributed by atoms with E-state index >= 15 is 0 Å². The van der Waals surface area contributed by atoms with Crippen LogP contribution in [0.5, 0.6) is 0 Å². The van der Waals surface area contributed by atoms with Crippen molar-refractivity contribution in [3.8, 4) is 22.6 Å². The topological polar surface area (TPSA) is 108 Å². The Balaban J connectivity index is 0.983. The molecule has 9 heteroatoms. The van der Waals surface area contributed by atoms with Crippen molar-refractivity contribution in [2.75, 3.05) is 5.32 Å². The first-order valence-electron chi connectivity index (χ1n) is 11.7. The fourth-order valence-electron chi connectivity index (χ4n) is 4.19. The Hall–Kier alpha value is -4.66. The van der Waals surface area contributed by atoms with Crippen LogP contribution in [0.3, 0.4) is 0 Å². The third-order valence-corrected chi connectivity index (χ3v) is 6.20. The van der Waals surface area contributed by atoms with Gasteiger partial charge in [0.1, 0.15) is 6.61 Å². The van der Waals surface area contributed by atoms with Crippen LogP contribution in [0.25, 0.3) is 22.6 Å². The SMILES string of the molecule is O=C(OCc1ccn(C2CC(Nc3cc(-c4ccccc4)on3)C2)n1)c1cc(-c2ccccc2)on1. The molecule has 0 unspecified atom stereocenters. The molecule has 9 nitrogen and oxygen atoms in total. The van der Waals surface area contributed by atoms with Crippen molar-refractivity contribution in [2.45, 2.75) is 31.5 Å². The number of hydrogen-bond acceptors (Lipinski definition) is 8. The molecule has 3 aromatic heterocycles. The van der Waals surface area contributed by atoms with Gasteiger partial charge in [-0.05, 0) is 18.9 Å². The second kappa shape index (κ2) is 9.53. The minimum Gasteiger partial charge on any atom is -0.454 e. The highest BCUT2D eigenvalue weighted by atomic mass is 16.5. The summed E-state index contributed by atoms with van der Waals surface area (Å²) >= 11 is 0. The van der Waals surface area contributed by atoms with Gasteiger partial charge in [0, 0.05) is 35.5 Å². The van der Waals surface area contributed by atoms with Gasteiger partial charge in [-0.25, -0.2) is 4.79 Å². The van der Waals surface area contributed by atoms with Crippen LogP contribution >= 0.6 is 0 Å². The Morgan fingerprint density at radius 1 is 0.917 bits per heavy atom. The zero-order valence-corrected chi connectivity index (χ0v) is 19.3. The number of carbonyl (C=O) groups is 1. The number of nitrogens with zero attached hydrogens (tertiary/aromatic N) is 4. The maximum atomic E-state index is 12.4. The Bertz CT molecular complexity index is 1450. The van der Waals surface area contributed by atoms with E-state index in [4.69, 9.17) is 13.8 Å². The molecular formula is C27H23N5O4. The molecule has 2 aromatic carbocycles. The van der Waals surface area contributed by atoms with Crippen molar-refractivity contribution < 1.29 is 18.6 Å². The number of nitrogens with one attached hydrogen (secondary N) is 1. The van der Waals surface area contributed by atoms with Crippen LogP contribution in [0, 0.1) is 0 Å². The van der Waals surface area contributed by atoms with Crippen molar-refractivity contribution in [2.24, 2.45) is 0 Å².